The number of sulfonamides is 1. The number of amides is 1. The number of nitrogens with zero attached hydrogens (tertiary/aromatic N) is 3. The molecule has 13 heteroatoms. The van der Waals surface area contributed by atoms with Gasteiger partial charge in [-0.25, -0.2) is 18.4 Å². The van der Waals surface area contributed by atoms with E-state index >= 15 is 0 Å². The number of carbonyl (C=O) groups excluding carboxylic acids is 1. The molecule has 1 amide bonds. The summed E-state index contributed by atoms with van der Waals surface area (Å²) in [4.78, 5) is 19.4. The smallest absolute Gasteiger partial charge is 0.433 e. The molecule has 2 aromatic rings. The summed E-state index contributed by atoms with van der Waals surface area (Å²) in [6.07, 6.45) is -3.66. The monoisotopic (exact) mass is 478 g/mol. The highest BCUT2D eigenvalue weighted by Crippen LogP contribution is 2.30. The van der Waals surface area contributed by atoms with Gasteiger partial charge in [-0.1, -0.05) is 25.6 Å². The van der Waals surface area contributed by atoms with Crippen LogP contribution in [0.3, 0.4) is 0 Å². The number of alkyl halides is 3. The number of halogens is 3. The van der Waals surface area contributed by atoms with Crippen molar-refractivity contribution in [3.8, 4) is 5.75 Å². The first-order valence-electron chi connectivity index (χ1n) is 9.04. The van der Waals surface area contributed by atoms with Gasteiger partial charge in [-0.15, -0.1) is 0 Å². The summed E-state index contributed by atoms with van der Waals surface area (Å²) in [5.41, 5.74) is -0.993. The van der Waals surface area contributed by atoms with E-state index in [4.69, 9.17) is 4.74 Å². The number of methoxy groups -OCH3 is 1. The van der Waals surface area contributed by atoms with Crippen LogP contribution in [0.25, 0.3) is 0 Å². The molecule has 0 aliphatic carbocycles. The second-order valence-corrected chi connectivity index (χ2v) is 8.89. The quantitative estimate of drug-likeness (QED) is 0.436. The van der Waals surface area contributed by atoms with Crippen LogP contribution in [0.1, 0.15) is 19.5 Å². The predicted molar refractivity (Wildman–Crippen MR) is 109 cm³/mol. The van der Waals surface area contributed by atoms with Crippen molar-refractivity contribution < 1.29 is 31.1 Å². The molecule has 31 heavy (non-hydrogen) atoms. The topological polar surface area (TPSA) is 101 Å². The van der Waals surface area contributed by atoms with Crippen molar-refractivity contribution >= 4 is 33.4 Å². The van der Waals surface area contributed by atoms with E-state index < -0.39 is 27.8 Å². The maximum absolute atomic E-state index is 12.7. The molecule has 0 radical (unpaired) electrons. The number of benzene rings is 1. The molecule has 0 saturated carbocycles. The number of anilines is 1. The van der Waals surface area contributed by atoms with E-state index in [0.717, 1.165) is 12.3 Å². The zero-order valence-electron chi connectivity index (χ0n) is 16.9. The number of nitrogens with one attached hydrogen (secondary N) is 1. The van der Waals surface area contributed by atoms with Gasteiger partial charge in [0.15, 0.2) is 5.16 Å². The number of hydrogen-bond acceptors (Lipinski definition) is 7. The third-order valence-corrected chi connectivity index (χ3v) is 6.95. The summed E-state index contributed by atoms with van der Waals surface area (Å²) in [5, 5.41) is 2.31. The molecule has 0 fully saturated rings. The highest BCUT2D eigenvalue weighted by atomic mass is 32.2. The minimum atomic E-state index is -4.62. The summed E-state index contributed by atoms with van der Waals surface area (Å²) in [7, 11) is -2.41. The van der Waals surface area contributed by atoms with Gasteiger partial charge in [0, 0.05) is 19.3 Å². The normalized spacial score (nSPS) is 12.1. The van der Waals surface area contributed by atoms with E-state index in [1.165, 1.54) is 29.6 Å². The van der Waals surface area contributed by atoms with Gasteiger partial charge >= 0.3 is 6.18 Å². The van der Waals surface area contributed by atoms with E-state index in [1.54, 1.807) is 13.8 Å². The Morgan fingerprint density at radius 1 is 1.23 bits per heavy atom. The molecule has 0 atom stereocenters. The zero-order valence-corrected chi connectivity index (χ0v) is 18.6. The van der Waals surface area contributed by atoms with Crippen LogP contribution in [0, 0.1) is 0 Å². The summed E-state index contributed by atoms with van der Waals surface area (Å²) >= 11 is 0.712. The van der Waals surface area contributed by atoms with E-state index in [-0.39, 0.29) is 40.3 Å². The highest BCUT2D eigenvalue weighted by molar-refractivity contribution is 7.99. The van der Waals surface area contributed by atoms with Gasteiger partial charge in [0.25, 0.3) is 0 Å². The molecular weight excluding hydrogens is 457 g/mol. The van der Waals surface area contributed by atoms with Crippen LogP contribution in [-0.4, -0.2) is 54.6 Å². The van der Waals surface area contributed by atoms with Crippen LogP contribution in [0.4, 0.5) is 18.9 Å². The molecule has 1 heterocycles. The third-order valence-electron chi connectivity index (χ3n) is 4.04. The molecule has 2 rings (SSSR count). The van der Waals surface area contributed by atoms with Crippen molar-refractivity contribution in [2.45, 2.75) is 30.1 Å². The van der Waals surface area contributed by atoms with Gasteiger partial charge in [-0.2, -0.15) is 17.5 Å². The standard InChI is InChI=1S/C18H21F3N4O4S2/c1-4-25(5-2)31(27,28)12-6-7-14(29-3)13(10-12)23-16(26)11-30-17-22-9-8-15(24-17)18(19,20)21/h6-10H,4-5,11H2,1-3H3,(H,23,26). The van der Waals surface area contributed by atoms with Crippen LogP contribution in [0.2, 0.25) is 0 Å². The molecule has 0 bridgehead atoms. The SMILES string of the molecule is CCN(CC)S(=O)(=O)c1ccc(OC)c(NC(=O)CSc2nccc(C(F)(F)F)n2)c1. The Morgan fingerprint density at radius 3 is 2.48 bits per heavy atom. The Kier molecular flexibility index (Phi) is 8.26. The fraction of sp³-hybridized carbons (Fsp3) is 0.389. The van der Waals surface area contributed by atoms with Crippen LogP contribution in [0.5, 0.6) is 5.75 Å². The van der Waals surface area contributed by atoms with Gasteiger partial charge in [0.1, 0.15) is 11.4 Å². The lowest BCUT2D eigenvalue weighted by Crippen LogP contribution is -2.30. The molecular formula is C18H21F3N4O4S2. The second-order valence-electron chi connectivity index (χ2n) is 6.01. The molecule has 8 nitrogen and oxygen atoms in total. The van der Waals surface area contributed by atoms with E-state index in [0.29, 0.717) is 11.8 Å². The molecule has 0 unspecified atom stereocenters. The van der Waals surface area contributed by atoms with Crippen molar-refractivity contribution in [2.75, 3.05) is 31.3 Å². The van der Waals surface area contributed by atoms with E-state index in [1.807, 2.05) is 0 Å². The highest BCUT2D eigenvalue weighted by Gasteiger charge is 2.32. The molecule has 1 aromatic heterocycles. The van der Waals surface area contributed by atoms with Gasteiger partial charge in [-0.3, -0.25) is 4.79 Å². The number of aromatic nitrogens is 2. The molecule has 170 valence electrons. The molecule has 0 spiro atoms. The lowest BCUT2D eigenvalue weighted by Gasteiger charge is -2.19. The van der Waals surface area contributed by atoms with E-state index in [2.05, 4.69) is 15.3 Å². The summed E-state index contributed by atoms with van der Waals surface area (Å²) in [6, 6.07) is 4.79. The summed E-state index contributed by atoms with van der Waals surface area (Å²) in [5.74, 6) is -0.661. The lowest BCUT2D eigenvalue weighted by atomic mass is 10.3. The van der Waals surface area contributed by atoms with Gasteiger partial charge < -0.3 is 10.1 Å². The number of ether oxygens (including phenoxy) is 1. The zero-order chi connectivity index (χ0) is 23.2. The molecule has 1 N–H and O–H groups in total. The minimum absolute atomic E-state index is 0.0267. The van der Waals surface area contributed by atoms with Gasteiger partial charge in [0.2, 0.25) is 15.9 Å². The summed E-state index contributed by atoms with van der Waals surface area (Å²) < 4.78 is 70.1. The Morgan fingerprint density at radius 2 is 1.90 bits per heavy atom. The van der Waals surface area contributed by atoms with Crippen LogP contribution in [-0.2, 0) is 21.0 Å². The van der Waals surface area contributed by atoms with Crippen molar-refractivity contribution in [2.24, 2.45) is 0 Å². The predicted octanol–water partition coefficient (Wildman–Crippen LogP) is 3.27. The van der Waals surface area contributed by atoms with Gasteiger partial charge in [-0.05, 0) is 24.3 Å². The van der Waals surface area contributed by atoms with Crippen molar-refractivity contribution in [3.63, 3.8) is 0 Å². The Bertz CT molecular complexity index is 1030. The molecule has 0 aliphatic rings. The fourth-order valence-corrected chi connectivity index (χ4v) is 4.66. The molecule has 0 saturated heterocycles. The largest absolute Gasteiger partial charge is 0.495 e. The number of carbonyl (C=O) groups is 1. The van der Waals surface area contributed by atoms with Crippen molar-refractivity contribution in [1.29, 1.82) is 0 Å². The fourth-order valence-electron chi connectivity index (χ4n) is 2.54. The van der Waals surface area contributed by atoms with Crippen molar-refractivity contribution in [3.05, 3.63) is 36.2 Å². The lowest BCUT2D eigenvalue weighted by molar-refractivity contribution is -0.141. The first-order chi connectivity index (χ1) is 14.5. The minimum Gasteiger partial charge on any atom is -0.495 e. The number of thioether (sulfide) groups is 1. The molecule has 0 aliphatic heterocycles. The average Bonchev–Trinajstić information content (AvgIpc) is 2.72. The summed E-state index contributed by atoms with van der Waals surface area (Å²) in [6.45, 7) is 3.97. The third kappa shape index (κ3) is 6.31. The van der Waals surface area contributed by atoms with Gasteiger partial charge in [0.05, 0.1) is 23.4 Å². The van der Waals surface area contributed by atoms with Crippen LogP contribution >= 0.6 is 11.8 Å². The second kappa shape index (κ2) is 10.3. The van der Waals surface area contributed by atoms with E-state index in [9.17, 15) is 26.4 Å². The first-order valence-corrected chi connectivity index (χ1v) is 11.5. The van der Waals surface area contributed by atoms with Crippen LogP contribution < -0.4 is 10.1 Å². The van der Waals surface area contributed by atoms with Crippen molar-refractivity contribution in [1.82, 2.24) is 14.3 Å². The molecule has 1 aromatic carbocycles. The Balaban J connectivity index is 2.17. The Hall–Kier alpha value is -2.38. The number of rotatable bonds is 9. The maximum atomic E-state index is 12.7. The first kappa shape index (κ1) is 24.9. The maximum Gasteiger partial charge on any atom is 0.433 e. The Labute approximate surface area is 182 Å². The van der Waals surface area contributed by atoms with Crippen LogP contribution in [0.15, 0.2) is 40.5 Å². The average molecular weight is 479 g/mol. The number of hydrogen-bond donors (Lipinski definition) is 1.